The molecule has 2 N–H and O–H groups in total. The van der Waals surface area contributed by atoms with Gasteiger partial charge in [-0.05, 0) is 48.9 Å². The number of carbonyl (C=O) groups excluding carboxylic acids is 2. The largest absolute Gasteiger partial charge is 0.352 e. The normalized spacial score (nSPS) is 19.4. The fraction of sp³-hybridized carbons (Fsp3) is 0.273. The van der Waals surface area contributed by atoms with Crippen LogP contribution in [0.25, 0.3) is 0 Å². The lowest BCUT2D eigenvalue weighted by atomic mass is 9.89. The summed E-state index contributed by atoms with van der Waals surface area (Å²) >= 11 is 0. The van der Waals surface area contributed by atoms with Crippen molar-refractivity contribution in [2.24, 2.45) is 5.92 Å². The summed E-state index contributed by atoms with van der Waals surface area (Å²) < 4.78 is 0. The molecule has 0 saturated carbocycles. The van der Waals surface area contributed by atoms with E-state index in [2.05, 4.69) is 53.4 Å². The van der Waals surface area contributed by atoms with Crippen molar-refractivity contribution in [3.05, 3.63) is 78.4 Å². The van der Waals surface area contributed by atoms with Gasteiger partial charge in [-0.1, -0.05) is 36.9 Å². The van der Waals surface area contributed by atoms with Crippen molar-refractivity contribution in [1.29, 1.82) is 0 Å². The fourth-order valence-electron chi connectivity index (χ4n) is 3.60. The predicted molar refractivity (Wildman–Crippen MR) is 108 cm³/mol. The maximum Gasteiger partial charge on any atom is 0.251 e. The first-order valence-corrected chi connectivity index (χ1v) is 9.12. The van der Waals surface area contributed by atoms with Crippen LogP contribution in [0.1, 0.15) is 21.8 Å². The quantitative estimate of drug-likeness (QED) is 0.776. The van der Waals surface area contributed by atoms with E-state index in [0.29, 0.717) is 29.6 Å². The van der Waals surface area contributed by atoms with Gasteiger partial charge in [0.25, 0.3) is 5.91 Å². The minimum atomic E-state index is -0.274. The lowest BCUT2D eigenvalue weighted by Gasteiger charge is -2.19. The number of hydrogen-bond acceptors (Lipinski definition) is 3. The van der Waals surface area contributed by atoms with Crippen LogP contribution in [0.5, 0.6) is 0 Å². The highest BCUT2D eigenvalue weighted by Crippen LogP contribution is 2.31. The second-order valence-corrected chi connectivity index (χ2v) is 6.98. The number of carbonyl (C=O) groups is 2. The summed E-state index contributed by atoms with van der Waals surface area (Å²) in [5.41, 5.74) is 2.54. The van der Waals surface area contributed by atoms with E-state index >= 15 is 0 Å². The summed E-state index contributed by atoms with van der Waals surface area (Å²) in [6.07, 6.45) is 1.21. The molecule has 2 atom stereocenters. The standard InChI is InChI=1S/C22H25N3O2/c1-3-21(26)24-19-11-9-17(10-12-19)22(27)23-13-18-14-25(2)15-20(18)16-7-5-4-6-8-16/h3-12,18,20H,1,13-15H2,2H3,(H,23,27)(H,24,26)/t18-,20+/m1/s1. The first-order valence-electron chi connectivity index (χ1n) is 9.12. The summed E-state index contributed by atoms with van der Waals surface area (Å²) in [5.74, 6) is 0.433. The van der Waals surface area contributed by atoms with Crippen LogP contribution in [0.2, 0.25) is 0 Å². The van der Waals surface area contributed by atoms with Crippen LogP contribution >= 0.6 is 0 Å². The van der Waals surface area contributed by atoms with Gasteiger partial charge in [-0.25, -0.2) is 0 Å². The maximum absolute atomic E-state index is 12.5. The number of benzene rings is 2. The molecule has 27 heavy (non-hydrogen) atoms. The van der Waals surface area contributed by atoms with E-state index < -0.39 is 0 Å². The molecule has 1 aliphatic rings. The van der Waals surface area contributed by atoms with E-state index in [9.17, 15) is 9.59 Å². The Hall–Kier alpha value is -2.92. The van der Waals surface area contributed by atoms with Crippen molar-refractivity contribution in [3.8, 4) is 0 Å². The highest BCUT2D eigenvalue weighted by atomic mass is 16.2. The van der Waals surface area contributed by atoms with Gasteiger partial charge in [0.15, 0.2) is 0 Å². The van der Waals surface area contributed by atoms with Crippen LogP contribution < -0.4 is 10.6 Å². The molecule has 0 bridgehead atoms. The Kier molecular flexibility index (Phi) is 6.04. The number of hydrogen-bond donors (Lipinski definition) is 2. The molecule has 0 radical (unpaired) electrons. The zero-order valence-corrected chi connectivity index (χ0v) is 15.5. The number of nitrogens with zero attached hydrogens (tertiary/aromatic N) is 1. The molecular weight excluding hydrogens is 338 g/mol. The maximum atomic E-state index is 12.5. The second-order valence-electron chi connectivity index (χ2n) is 6.98. The zero-order chi connectivity index (χ0) is 19.2. The molecule has 2 aromatic carbocycles. The average Bonchev–Trinajstić information content (AvgIpc) is 3.08. The van der Waals surface area contributed by atoms with E-state index in [0.717, 1.165) is 13.1 Å². The molecule has 0 unspecified atom stereocenters. The van der Waals surface area contributed by atoms with Gasteiger partial charge >= 0.3 is 0 Å². The van der Waals surface area contributed by atoms with E-state index in [1.54, 1.807) is 24.3 Å². The van der Waals surface area contributed by atoms with Crippen LogP contribution in [0.3, 0.4) is 0 Å². The second kappa shape index (κ2) is 8.64. The van der Waals surface area contributed by atoms with Crippen LogP contribution in [0.15, 0.2) is 67.3 Å². The molecule has 1 fully saturated rings. The topological polar surface area (TPSA) is 61.4 Å². The van der Waals surface area contributed by atoms with E-state index in [1.165, 1.54) is 11.6 Å². The van der Waals surface area contributed by atoms with Gasteiger partial charge in [0.05, 0.1) is 0 Å². The number of likely N-dealkylation sites (N-methyl/N-ethyl adjacent to an activating group) is 1. The van der Waals surface area contributed by atoms with Crippen LogP contribution in [-0.2, 0) is 4.79 Å². The van der Waals surface area contributed by atoms with Crippen molar-refractivity contribution in [2.75, 3.05) is 32.0 Å². The van der Waals surface area contributed by atoms with Gasteiger partial charge in [-0.2, -0.15) is 0 Å². The Labute approximate surface area is 160 Å². The molecule has 3 rings (SSSR count). The minimum absolute atomic E-state index is 0.0991. The van der Waals surface area contributed by atoms with E-state index in [1.807, 2.05) is 6.07 Å². The zero-order valence-electron chi connectivity index (χ0n) is 15.5. The van der Waals surface area contributed by atoms with Crippen molar-refractivity contribution in [3.63, 3.8) is 0 Å². The molecular formula is C22H25N3O2. The van der Waals surface area contributed by atoms with Gasteiger partial charge < -0.3 is 15.5 Å². The third kappa shape index (κ3) is 4.83. The van der Waals surface area contributed by atoms with E-state index in [4.69, 9.17) is 0 Å². The molecule has 1 heterocycles. The number of rotatable bonds is 6. The summed E-state index contributed by atoms with van der Waals surface area (Å²) in [6.45, 7) is 6.02. The number of nitrogens with one attached hydrogen (secondary N) is 2. The first kappa shape index (κ1) is 18.9. The molecule has 5 heteroatoms. The molecule has 140 valence electrons. The summed E-state index contributed by atoms with van der Waals surface area (Å²) in [5, 5.41) is 5.73. The van der Waals surface area contributed by atoms with Crippen LogP contribution in [0.4, 0.5) is 5.69 Å². The smallest absolute Gasteiger partial charge is 0.251 e. The first-order chi connectivity index (χ1) is 13.1. The Morgan fingerprint density at radius 1 is 1.11 bits per heavy atom. The molecule has 1 saturated heterocycles. The lowest BCUT2D eigenvalue weighted by Crippen LogP contribution is -2.32. The van der Waals surface area contributed by atoms with Gasteiger partial charge in [0.2, 0.25) is 5.91 Å². The molecule has 0 aromatic heterocycles. The Balaban J connectivity index is 1.59. The summed E-state index contributed by atoms with van der Waals surface area (Å²) in [7, 11) is 2.12. The lowest BCUT2D eigenvalue weighted by molar-refractivity contribution is -0.111. The van der Waals surface area contributed by atoms with E-state index in [-0.39, 0.29) is 11.8 Å². The third-order valence-electron chi connectivity index (χ3n) is 4.98. The SMILES string of the molecule is C=CC(=O)Nc1ccc(C(=O)NC[C@@H]2CN(C)C[C@H]2c2ccccc2)cc1. The number of likely N-dealkylation sites (tertiary alicyclic amines) is 1. The molecule has 2 amide bonds. The van der Waals surface area contributed by atoms with Gasteiger partial charge in [-0.3, -0.25) is 9.59 Å². The monoisotopic (exact) mass is 363 g/mol. The van der Waals surface area contributed by atoms with Gasteiger partial charge in [0, 0.05) is 36.8 Å². The minimum Gasteiger partial charge on any atom is -0.352 e. The third-order valence-corrected chi connectivity index (χ3v) is 4.98. The van der Waals surface area contributed by atoms with Crippen molar-refractivity contribution in [2.45, 2.75) is 5.92 Å². The molecule has 2 aromatic rings. The molecule has 1 aliphatic heterocycles. The van der Waals surface area contributed by atoms with Crippen molar-refractivity contribution in [1.82, 2.24) is 10.2 Å². The Bertz CT molecular complexity index is 802. The fourth-order valence-corrected chi connectivity index (χ4v) is 3.60. The summed E-state index contributed by atoms with van der Waals surface area (Å²) in [4.78, 5) is 26.1. The predicted octanol–water partition coefficient (Wildman–Crippen LogP) is 2.89. The van der Waals surface area contributed by atoms with Gasteiger partial charge in [-0.15, -0.1) is 0 Å². The van der Waals surface area contributed by atoms with Gasteiger partial charge in [0.1, 0.15) is 0 Å². The molecule has 0 aliphatic carbocycles. The highest BCUT2D eigenvalue weighted by molar-refractivity contribution is 5.99. The Morgan fingerprint density at radius 3 is 2.48 bits per heavy atom. The highest BCUT2D eigenvalue weighted by Gasteiger charge is 2.32. The average molecular weight is 363 g/mol. The Morgan fingerprint density at radius 2 is 1.81 bits per heavy atom. The van der Waals surface area contributed by atoms with Crippen molar-refractivity contribution < 1.29 is 9.59 Å². The van der Waals surface area contributed by atoms with Crippen LogP contribution in [-0.4, -0.2) is 43.4 Å². The summed E-state index contributed by atoms with van der Waals surface area (Å²) in [6, 6.07) is 17.3. The number of anilines is 1. The molecule has 0 spiro atoms. The number of amides is 2. The van der Waals surface area contributed by atoms with Crippen molar-refractivity contribution >= 4 is 17.5 Å². The van der Waals surface area contributed by atoms with Crippen LogP contribution in [0, 0.1) is 5.92 Å². The molecule has 5 nitrogen and oxygen atoms in total.